The molecular weight excluding hydrogens is 459 g/mol. The van der Waals surface area contributed by atoms with E-state index in [1.807, 2.05) is 11.9 Å². The third-order valence-corrected chi connectivity index (χ3v) is 8.41. The first kappa shape index (κ1) is 28.9. The summed E-state index contributed by atoms with van der Waals surface area (Å²) in [5.74, 6) is -0.327. The lowest BCUT2D eigenvalue weighted by atomic mass is 9.73. The number of aromatic hydroxyl groups is 1. The zero-order valence-electron chi connectivity index (χ0n) is 22.3. The number of ether oxygens (including phenoxy) is 1. The predicted molar refractivity (Wildman–Crippen MR) is 140 cm³/mol. The molecular formula is C29H47FN2O4. The summed E-state index contributed by atoms with van der Waals surface area (Å²) in [7, 11) is 3.59. The van der Waals surface area contributed by atoms with Crippen LogP contribution in [0, 0.1) is 23.6 Å². The van der Waals surface area contributed by atoms with Crippen molar-refractivity contribution in [3.63, 3.8) is 0 Å². The lowest BCUT2D eigenvalue weighted by Crippen LogP contribution is -2.48. The van der Waals surface area contributed by atoms with E-state index < -0.39 is 17.2 Å². The van der Waals surface area contributed by atoms with Gasteiger partial charge in [-0.2, -0.15) is 0 Å². The minimum Gasteiger partial charge on any atom is -0.505 e. The number of aliphatic hydroxyl groups is 1. The van der Waals surface area contributed by atoms with E-state index in [1.54, 1.807) is 13.2 Å². The van der Waals surface area contributed by atoms with Crippen LogP contribution in [0.15, 0.2) is 18.2 Å². The van der Waals surface area contributed by atoms with E-state index >= 15 is 0 Å². The maximum Gasteiger partial charge on any atom is 0.222 e. The number of hydrogen-bond acceptors (Lipinski definition) is 5. The summed E-state index contributed by atoms with van der Waals surface area (Å²) in [5, 5.41) is 25.8. The van der Waals surface area contributed by atoms with Gasteiger partial charge in [0.05, 0.1) is 5.60 Å². The number of phenols is 1. The Bertz CT molecular complexity index is 816. The molecule has 0 bridgehead atoms. The third-order valence-electron chi connectivity index (χ3n) is 8.41. The molecule has 1 saturated heterocycles. The highest BCUT2D eigenvalue weighted by Crippen LogP contribution is 2.44. The molecule has 204 valence electrons. The Balaban J connectivity index is 1.72. The normalized spacial score (nSPS) is 21.8. The third kappa shape index (κ3) is 7.65. The number of nitrogens with zero attached hydrogens (tertiary/aromatic N) is 1. The van der Waals surface area contributed by atoms with Crippen molar-refractivity contribution in [3.8, 4) is 5.75 Å². The first-order valence-corrected chi connectivity index (χ1v) is 14.0. The second-order valence-corrected chi connectivity index (χ2v) is 11.1. The van der Waals surface area contributed by atoms with Gasteiger partial charge in [-0.3, -0.25) is 4.79 Å². The molecule has 1 aliphatic carbocycles. The van der Waals surface area contributed by atoms with E-state index in [0.29, 0.717) is 50.8 Å². The molecule has 1 heterocycles. The van der Waals surface area contributed by atoms with Crippen LogP contribution in [-0.4, -0.2) is 61.4 Å². The van der Waals surface area contributed by atoms with Gasteiger partial charge in [0.2, 0.25) is 5.91 Å². The average Bonchev–Trinajstić information content (AvgIpc) is 2.89. The van der Waals surface area contributed by atoms with Gasteiger partial charge in [-0.05, 0) is 70.0 Å². The lowest BCUT2D eigenvalue weighted by molar-refractivity contribution is -0.138. The van der Waals surface area contributed by atoms with Gasteiger partial charge in [0.1, 0.15) is 0 Å². The first-order valence-electron chi connectivity index (χ1n) is 14.0. The quantitative estimate of drug-likeness (QED) is 0.329. The first-order chi connectivity index (χ1) is 17.4. The number of carbonyl (C=O) groups excluding carboxylic acids is 1. The van der Waals surface area contributed by atoms with E-state index in [2.05, 4.69) is 5.32 Å². The van der Waals surface area contributed by atoms with Crippen molar-refractivity contribution in [3.05, 3.63) is 29.6 Å². The Kier molecular flexibility index (Phi) is 11.5. The van der Waals surface area contributed by atoms with E-state index in [1.165, 1.54) is 44.2 Å². The summed E-state index contributed by atoms with van der Waals surface area (Å²) >= 11 is 0. The second-order valence-electron chi connectivity index (χ2n) is 11.1. The highest BCUT2D eigenvalue weighted by Gasteiger charge is 2.43. The maximum atomic E-state index is 14.3. The number of hydrogen-bond donors (Lipinski definition) is 3. The van der Waals surface area contributed by atoms with Crippen LogP contribution in [0.25, 0.3) is 0 Å². The number of rotatable bonds is 13. The number of para-hydroxylation sites is 1. The number of likely N-dealkylation sites (tertiary alicyclic amines) is 1. The van der Waals surface area contributed by atoms with Crippen LogP contribution in [-0.2, 0) is 15.1 Å². The SMILES string of the molecule is CNC[C@@H](CC(=O)N1CCC[C@@H]([C@@](O)(CCCCOC)c2cccc(F)c2O)C1)CC1CCCCC1. The van der Waals surface area contributed by atoms with Gasteiger partial charge in [-0.25, -0.2) is 4.39 Å². The summed E-state index contributed by atoms with van der Waals surface area (Å²) in [6, 6.07) is 4.35. The zero-order chi connectivity index (χ0) is 26.0. The van der Waals surface area contributed by atoms with Crippen LogP contribution >= 0.6 is 0 Å². The maximum absolute atomic E-state index is 14.3. The number of nitrogens with one attached hydrogen (secondary N) is 1. The zero-order valence-corrected chi connectivity index (χ0v) is 22.3. The lowest BCUT2D eigenvalue weighted by Gasteiger charge is -2.43. The van der Waals surface area contributed by atoms with Crippen molar-refractivity contribution in [1.82, 2.24) is 10.2 Å². The number of halogens is 1. The van der Waals surface area contributed by atoms with Gasteiger partial charge < -0.3 is 25.2 Å². The number of carbonyl (C=O) groups is 1. The standard InChI is InChI=1S/C29H47FN2O4/c1-31-20-23(18-22-10-4-3-5-11-22)19-27(33)32-16-9-12-24(21-32)29(35,15-6-7-17-36-2)25-13-8-14-26(30)28(25)34/h8,13-14,22-24,31,34-35H,3-7,9-12,15-21H2,1-2H3/t23-,24-,29+/m1/s1. The molecule has 3 atom stereocenters. The summed E-state index contributed by atoms with van der Waals surface area (Å²) in [6.45, 7) is 2.51. The molecule has 0 spiro atoms. The number of piperidine rings is 1. The van der Waals surface area contributed by atoms with Crippen LogP contribution in [0.1, 0.15) is 82.6 Å². The Hall–Kier alpha value is -1.70. The van der Waals surface area contributed by atoms with Crippen molar-refractivity contribution in [1.29, 1.82) is 0 Å². The molecule has 36 heavy (non-hydrogen) atoms. The molecule has 3 N–H and O–H groups in total. The average molecular weight is 507 g/mol. The van der Waals surface area contributed by atoms with Crippen LogP contribution in [0.2, 0.25) is 0 Å². The molecule has 1 aliphatic heterocycles. The Morgan fingerprint density at radius 1 is 1.22 bits per heavy atom. The summed E-state index contributed by atoms with van der Waals surface area (Å²) in [6.07, 6.45) is 11.4. The number of phenolic OH excluding ortho intramolecular Hbond substituents is 1. The van der Waals surface area contributed by atoms with Gasteiger partial charge in [-0.15, -0.1) is 0 Å². The van der Waals surface area contributed by atoms with E-state index in [0.717, 1.165) is 32.2 Å². The van der Waals surface area contributed by atoms with Crippen molar-refractivity contribution >= 4 is 5.91 Å². The predicted octanol–water partition coefficient (Wildman–Crippen LogP) is 4.97. The number of amides is 1. The molecule has 0 aromatic heterocycles. The molecule has 7 heteroatoms. The van der Waals surface area contributed by atoms with Gasteiger partial charge in [0.25, 0.3) is 0 Å². The molecule has 2 aliphatic rings. The molecule has 1 aromatic rings. The van der Waals surface area contributed by atoms with Gasteiger partial charge in [-0.1, -0.05) is 44.2 Å². The highest BCUT2D eigenvalue weighted by atomic mass is 19.1. The Labute approximate surface area is 216 Å². The van der Waals surface area contributed by atoms with Gasteiger partial charge in [0.15, 0.2) is 11.6 Å². The van der Waals surface area contributed by atoms with Gasteiger partial charge >= 0.3 is 0 Å². The fourth-order valence-corrected chi connectivity index (χ4v) is 6.46. The molecule has 3 rings (SSSR count). The van der Waals surface area contributed by atoms with Crippen LogP contribution < -0.4 is 5.32 Å². The topological polar surface area (TPSA) is 82.0 Å². The largest absolute Gasteiger partial charge is 0.505 e. The minimum absolute atomic E-state index is 0.140. The van der Waals surface area contributed by atoms with Crippen molar-refractivity contribution in [2.75, 3.05) is 40.4 Å². The van der Waals surface area contributed by atoms with Crippen molar-refractivity contribution in [2.45, 2.75) is 82.7 Å². The van der Waals surface area contributed by atoms with Crippen molar-refractivity contribution in [2.24, 2.45) is 17.8 Å². The highest BCUT2D eigenvalue weighted by molar-refractivity contribution is 5.76. The van der Waals surface area contributed by atoms with Crippen LogP contribution in [0.3, 0.4) is 0 Å². The Morgan fingerprint density at radius 2 is 2.00 bits per heavy atom. The summed E-state index contributed by atoms with van der Waals surface area (Å²) < 4.78 is 19.4. The molecule has 1 saturated carbocycles. The number of methoxy groups -OCH3 is 1. The van der Waals surface area contributed by atoms with E-state index in [9.17, 15) is 19.4 Å². The summed E-state index contributed by atoms with van der Waals surface area (Å²) in [5.41, 5.74) is -1.18. The second kappa shape index (κ2) is 14.3. The number of benzene rings is 1. The molecule has 6 nitrogen and oxygen atoms in total. The molecule has 0 unspecified atom stereocenters. The van der Waals surface area contributed by atoms with E-state index in [-0.39, 0.29) is 17.4 Å². The summed E-state index contributed by atoms with van der Waals surface area (Å²) in [4.78, 5) is 15.3. The van der Waals surface area contributed by atoms with E-state index in [4.69, 9.17) is 4.74 Å². The molecule has 0 radical (unpaired) electrons. The monoisotopic (exact) mass is 506 g/mol. The molecule has 1 amide bonds. The molecule has 1 aromatic carbocycles. The van der Waals surface area contributed by atoms with Crippen LogP contribution in [0.5, 0.6) is 5.75 Å². The number of unbranched alkanes of at least 4 members (excludes halogenated alkanes) is 1. The fourth-order valence-electron chi connectivity index (χ4n) is 6.46. The molecule has 2 fully saturated rings. The van der Waals surface area contributed by atoms with Crippen LogP contribution in [0.4, 0.5) is 4.39 Å². The Morgan fingerprint density at radius 3 is 2.72 bits per heavy atom. The van der Waals surface area contributed by atoms with Gasteiger partial charge in [0, 0.05) is 44.7 Å². The smallest absolute Gasteiger partial charge is 0.222 e. The minimum atomic E-state index is -1.41. The fraction of sp³-hybridized carbons (Fsp3) is 0.759. The van der Waals surface area contributed by atoms with Crippen molar-refractivity contribution < 1.29 is 24.1 Å².